The maximum Gasteiger partial charge on any atom is 0.126 e. The van der Waals surface area contributed by atoms with Crippen LogP contribution in [-0.2, 0) is 4.74 Å². The van der Waals surface area contributed by atoms with Crippen LogP contribution >= 0.6 is 15.9 Å². The van der Waals surface area contributed by atoms with Crippen molar-refractivity contribution in [2.45, 2.75) is 6.10 Å². The van der Waals surface area contributed by atoms with Gasteiger partial charge in [0.15, 0.2) is 0 Å². The number of ether oxygens (including phenoxy) is 2. The predicted molar refractivity (Wildman–Crippen MR) is 104 cm³/mol. The fraction of sp³-hybridized carbons (Fsp3) is 0.143. The first-order chi connectivity index (χ1) is 11.7. The SMILES string of the molecule is COc1cccc2ccc(/C(Br)=C\C(OC)c3ccccc3)cc12. The zero-order valence-corrected chi connectivity index (χ0v) is 15.3. The maximum absolute atomic E-state index is 5.63. The van der Waals surface area contributed by atoms with Crippen molar-refractivity contribution in [1.29, 1.82) is 0 Å². The van der Waals surface area contributed by atoms with Gasteiger partial charge in [-0.3, -0.25) is 0 Å². The van der Waals surface area contributed by atoms with E-state index >= 15 is 0 Å². The Labute approximate surface area is 150 Å². The molecule has 0 bridgehead atoms. The van der Waals surface area contributed by atoms with E-state index in [1.54, 1.807) is 14.2 Å². The van der Waals surface area contributed by atoms with E-state index in [2.05, 4.69) is 58.4 Å². The standard InChI is InChI=1S/C21H19BrO2/c1-23-20-10-6-9-15-11-12-17(13-18(15)20)19(22)14-21(24-2)16-7-4-3-5-8-16/h3-14,21H,1-2H3/b19-14+. The van der Waals surface area contributed by atoms with Crippen molar-refractivity contribution in [3.05, 3.63) is 83.9 Å². The minimum Gasteiger partial charge on any atom is -0.496 e. The third kappa shape index (κ3) is 3.53. The van der Waals surface area contributed by atoms with E-state index in [4.69, 9.17) is 9.47 Å². The fourth-order valence-corrected chi connectivity index (χ4v) is 3.23. The van der Waals surface area contributed by atoms with Gasteiger partial charge in [0.05, 0.1) is 7.11 Å². The second-order valence-corrected chi connectivity index (χ2v) is 6.33. The van der Waals surface area contributed by atoms with Crippen molar-refractivity contribution in [3.8, 4) is 5.75 Å². The first kappa shape index (κ1) is 16.7. The molecule has 3 aromatic carbocycles. The Bertz CT molecular complexity index is 856. The zero-order chi connectivity index (χ0) is 16.9. The summed E-state index contributed by atoms with van der Waals surface area (Å²) >= 11 is 3.70. The van der Waals surface area contributed by atoms with E-state index in [0.29, 0.717) is 0 Å². The Hall–Kier alpha value is -2.10. The van der Waals surface area contributed by atoms with Gasteiger partial charge in [0.2, 0.25) is 0 Å². The molecule has 0 saturated carbocycles. The largest absolute Gasteiger partial charge is 0.496 e. The van der Waals surface area contributed by atoms with E-state index in [1.807, 2.05) is 30.3 Å². The monoisotopic (exact) mass is 382 g/mol. The number of benzene rings is 3. The molecule has 24 heavy (non-hydrogen) atoms. The normalized spacial score (nSPS) is 13.0. The number of hydrogen-bond donors (Lipinski definition) is 0. The zero-order valence-electron chi connectivity index (χ0n) is 13.7. The molecule has 2 nitrogen and oxygen atoms in total. The van der Waals surface area contributed by atoms with E-state index in [9.17, 15) is 0 Å². The molecule has 0 aliphatic rings. The number of hydrogen-bond acceptors (Lipinski definition) is 2. The van der Waals surface area contributed by atoms with Crippen molar-refractivity contribution in [2.75, 3.05) is 14.2 Å². The summed E-state index contributed by atoms with van der Waals surface area (Å²) in [4.78, 5) is 0. The van der Waals surface area contributed by atoms with Gasteiger partial charge in [-0.1, -0.05) is 70.5 Å². The molecule has 0 aliphatic carbocycles. The summed E-state index contributed by atoms with van der Waals surface area (Å²) in [6.07, 6.45) is 1.97. The highest BCUT2D eigenvalue weighted by molar-refractivity contribution is 9.15. The molecule has 3 heteroatoms. The lowest BCUT2D eigenvalue weighted by molar-refractivity contribution is 0.143. The average molecular weight is 383 g/mol. The summed E-state index contributed by atoms with van der Waals surface area (Å²) < 4.78 is 12.1. The minimum atomic E-state index is -0.103. The molecule has 0 N–H and O–H groups in total. The van der Waals surface area contributed by atoms with Gasteiger partial charge in [0.25, 0.3) is 0 Å². The van der Waals surface area contributed by atoms with Crippen molar-refractivity contribution in [2.24, 2.45) is 0 Å². The molecule has 0 heterocycles. The first-order valence-corrected chi connectivity index (χ1v) is 8.54. The van der Waals surface area contributed by atoms with Crippen molar-refractivity contribution in [1.82, 2.24) is 0 Å². The van der Waals surface area contributed by atoms with Crippen LogP contribution in [0, 0.1) is 0 Å². The third-order valence-corrected chi connectivity index (χ3v) is 4.74. The van der Waals surface area contributed by atoms with Crippen LogP contribution in [0.15, 0.2) is 72.8 Å². The highest BCUT2D eigenvalue weighted by Gasteiger charge is 2.10. The molecule has 0 spiro atoms. The summed E-state index contributed by atoms with van der Waals surface area (Å²) in [7, 11) is 3.42. The molecule has 1 atom stereocenters. The van der Waals surface area contributed by atoms with E-state index in [-0.39, 0.29) is 6.10 Å². The molecule has 0 aliphatic heterocycles. The molecule has 0 saturated heterocycles. The Kier molecular flexibility index (Phi) is 5.34. The van der Waals surface area contributed by atoms with E-state index < -0.39 is 0 Å². The summed E-state index contributed by atoms with van der Waals surface area (Å²) in [5.41, 5.74) is 2.21. The molecule has 122 valence electrons. The summed E-state index contributed by atoms with van der Waals surface area (Å²) in [6.45, 7) is 0. The van der Waals surface area contributed by atoms with Gasteiger partial charge in [0.1, 0.15) is 11.9 Å². The quantitative estimate of drug-likeness (QED) is 0.540. The van der Waals surface area contributed by atoms with Crippen molar-refractivity contribution >= 4 is 31.2 Å². The van der Waals surface area contributed by atoms with Crippen LogP contribution < -0.4 is 4.74 Å². The lowest BCUT2D eigenvalue weighted by Gasteiger charge is -2.13. The van der Waals surface area contributed by atoms with Crippen LogP contribution in [0.5, 0.6) is 5.75 Å². The van der Waals surface area contributed by atoms with Gasteiger partial charge in [-0.25, -0.2) is 0 Å². The Morgan fingerprint density at radius 3 is 2.46 bits per heavy atom. The van der Waals surface area contributed by atoms with Crippen molar-refractivity contribution in [3.63, 3.8) is 0 Å². The lowest BCUT2D eigenvalue weighted by atomic mass is 10.0. The summed E-state index contributed by atoms with van der Waals surface area (Å²) in [6, 6.07) is 22.6. The average Bonchev–Trinajstić information content (AvgIpc) is 2.65. The molecule has 3 aromatic rings. The van der Waals surface area contributed by atoms with Crippen LogP contribution in [0.1, 0.15) is 17.2 Å². The van der Waals surface area contributed by atoms with E-state index in [1.165, 1.54) is 0 Å². The fourth-order valence-electron chi connectivity index (χ4n) is 2.74. The van der Waals surface area contributed by atoms with Gasteiger partial charge in [-0.05, 0) is 34.7 Å². The Morgan fingerprint density at radius 1 is 0.958 bits per heavy atom. The molecular formula is C21H19BrO2. The smallest absolute Gasteiger partial charge is 0.126 e. The third-order valence-electron chi connectivity index (χ3n) is 4.02. The molecule has 0 aromatic heterocycles. The van der Waals surface area contributed by atoms with Gasteiger partial charge >= 0.3 is 0 Å². The van der Waals surface area contributed by atoms with Crippen LogP contribution in [0.4, 0.5) is 0 Å². The number of halogens is 1. The first-order valence-electron chi connectivity index (χ1n) is 7.75. The number of rotatable bonds is 5. The lowest BCUT2D eigenvalue weighted by Crippen LogP contribution is -1.98. The molecule has 1 unspecified atom stereocenters. The van der Waals surface area contributed by atoms with Crippen molar-refractivity contribution < 1.29 is 9.47 Å². The topological polar surface area (TPSA) is 18.5 Å². The van der Waals surface area contributed by atoms with Crippen LogP contribution in [0.3, 0.4) is 0 Å². The van der Waals surface area contributed by atoms with Crippen LogP contribution in [0.25, 0.3) is 15.3 Å². The van der Waals surface area contributed by atoms with E-state index in [0.717, 1.165) is 32.1 Å². The molecule has 0 radical (unpaired) electrons. The number of methoxy groups -OCH3 is 2. The van der Waals surface area contributed by atoms with Crippen LogP contribution in [-0.4, -0.2) is 14.2 Å². The van der Waals surface area contributed by atoms with Gasteiger partial charge in [-0.15, -0.1) is 0 Å². The second-order valence-electron chi connectivity index (χ2n) is 5.48. The molecule has 0 fully saturated rings. The second kappa shape index (κ2) is 7.65. The summed E-state index contributed by atoms with van der Waals surface area (Å²) in [5, 5.41) is 2.25. The van der Waals surface area contributed by atoms with Gasteiger partial charge < -0.3 is 9.47 Å². The van der Waals surface area contributed by atoms with Crippen LogP contribution in [0.2, 0.25) is 0 Å². The Balaban J connectivity index is 1.99. The summed E-state index contributed by atoms with van der Waals surface area (Å²) in [5.74, 6) is 0.876. The molecule has 3 rings (SSSR count). The molecule has 0 amide bonds. The highest BCUT2D eigenvalue weighted by atomic mass is 79.9. The highest BCUT2D eigenvalue weighted by Crippen LogP contribution is 2.32. The predicted octanol–water partition coefficient (Wildman–Crippen LogP) is 5.97. The minimum absolute atomic E-state index is 0.103. The molecular weight excluding hydrogens is 364 g/mol. The number of fused-ring (bicyclic) bond motifs is 1. The van der Waals surface area contributed by atoms with Gasteiger partial charge in [0, 0.05) is 17.0 Å². The Morgan fingerprint density at radius 2 is 1.75 bits per heavy atom. The van der Waals surface area contributed by atoms with Gasteiger partial charge in [-0.2, -0.15) is 0 Å². The maximum atomic E-state index is 5.63.